The number of aliphatic hydroxyl groups is 1. The lowest BCUT2D eigenvalue weighted by Gasteiger charge is -2.26. The molecule has 1 unspecified atom stereocenters. The summed E-state index contributed by atoms with van der Waals surface area (Å²) in [6.07, 6.45) is 6.77. The molecule has 1 fully saturated rings. The van der Waals surface area contributed by atoms with Gasteiger partial charge in [-0.15, -0.1) is 24.0 Å². The van der Waals surface area contributed by atoms with Gasteiger partial charge in [-0.1, -0.05) is 19.8 Å². The van der Waals surface area contributed by atoms with E-state index >= 15 is 0 Å². The number of hydrogen-bond donors (Lipinski definition) is 3. The molecule has 1 atom stereocenters. The Balaban J connectivity index is 0.00000225. The van der Waals surface area contributed by atoms with E-state index in [0.29, 0.717) is 12.6 Å². The molecule has 1 aromatic rings. The Hall–Kier alpha value is -0.900. The highest BCUT2D eigenvalue weighted by molar-refractivity contribution is 14.0. The van der Waals surface area contributed by atoms with Gasteiger partial charge in [0.2, 0.25) is 0 Å². The molecule has 0 spiro atoms. The molecule has 2 heterocycles. The lowest BCUT2D eigenvalue weighted by atomic mass is 10.0. The summed E-state index contributed by atoms with van der Waals surface area (Å²) in [4.78, 5) is 9.20. The average molecular weight is 462 g/mol. The Morgan fingerprint density at radius 1 is 1.36 bits per heavy atom. The van der Waals surface area contributed by atoms with Gasteiger partial charge in [-0.3, -0.25) is 4.99 Å². The molecule has 0 saturated heterocycles. The number of hydrogen-bond acceptors (Lipinski definition) is 4. The van der Waals surface area contributed by atoms with Crippen molar-refractivity contribution >= 4 is 29.9 Å². The first kappa shape index (κ1) is 20.4. The van der Waals surface area contributed by atoms with Crippen molar-refractivity contribution in [2.24, 2.45) is 4.99 Å². The number of aromatic nitrogens is 3. The standard InChI is InChI=1S/C17H30N6O.HI/c1-3-14-21-15-8-7-13(11-23(15)22-14)20-16(18-4-2)19-12-17(24)9-5-6-10-17;/h13,24H,3-12H2,1-2H3,(H2,18,19,20);1H. The maximum Gasteiger partial charge on any atom is 0.191 e. The second-order valence-electron chi connectivity index (χ2n) is 6.99. The van der Waals surface area contributed by atoms with Gasteiger partial charge in [-0.05, 0) is 26.2 Å². The van der Waals surface area contributed by atoms with Gasteiger partial charge < -0.3 is 15.7 Å². The normalized spacial score (nSPS) is 22.2. The summed E-state index contributed by atoms with van der Waals surface area (Å²) in [5.74, 6) is 2.81. The summed E-state index contributed by atoms with van der Waals surface area (Å²) in [6.45, 7) is 6.25. The molecule has 1 aromatic heterocycles. The van der Waals surface area contributed by atoms with E-state index in [1.165, 1.54) is 0 Å². The molecule has 142 valence electrons. The molecule has 0 amide bonds. The van der Waals surface area contributed by atoms with E-state index in [9.17, 15) is 5.11 Å². The molecule has 2 aliphatic rings. The van der Waals surface area contributed by atoms with Crippen LogP contribution in [0.2, 0.25) is 0 Å². The number of aryl methyl sites for hydroxylation is 2. The quantitative estimate of drug-likeness (QED) is 0.352. The predicted molar refractivity (Wildman–Crippen MR) is 109 cm³/mol. The van der Waals surface area contributed by atoms with Gasteiger partial charge in [-0.2, -0.15) is 5.10 Å². The maximum absolute atomic E-state index is 10.5. The van der Waals surface area contributed by atoms with E-state index < -0.39 is 5.60 Å². The van der Waals surface area contributed by atoms with Crippen LogP contribution in [0.4, 0.5) is 0 Å². The number of nitrogens with zero attached hydrogens (tertiary/aromatic N) is 4. The lowest BCUT2D eigenvalue weighted by Crippen LogP contribution is -2.47. The first-order valence-electron chi connectivity index (χ1n) is 9.31. The highest BCUT2D eigenvalue weighted by atomic mass is 127. The Morgan fingerprint density at radius 3 is 2.80 bits per heavy atom. The van der Waals surface area contributed by atoms with Crippen LogP contribution in [0.3, 0.4) is 0 Å². The van der Waals surface area contributed by atoms with Crippen LogP contribution in [0.1, 0.15) is 57.6 Å². The number of nitrogens with one attached hydrogen (secondary N) is 2. The zero-order valence-electron chi connectivity index (χ0n) is 15.3. The largest absolute Gasteiger partial charge is 0.388 e. The second-order valence-corrected chi connectivity index (χ2v) is 6.99. The smallest absolute Gasteiger partial charge is 0.191 e. The highest BCUT2D eigenvalue weighted by Gasteiger charge is 2.31. The molecular weight excluding hydrogens is 431 g/mol. The SMILES string of the molecule is CCNC(=NCC1(O)CCCC1)NC1CCc2nc(CC)nn2C1.I. The van der Waals surface area contributed by atoms with E-state index in [1.54, 1.807) is 0 Å². The van der Waals surface area contributed by atoms with Crippen molar-refractivity contribution in [1.82, 2.24) is 25.4 Å². The van der Waals surface area contributed by atoms with Crippen LogP contribution in [0, 0.1) is 0 Å². The maximum atomic E-state index is 10.5. The van der Waals surface area contributed by atoms with Crippen LogP contribution in [0.15, 0.2) is 4.99 Å². The van der Waals surface area contributed by atoms with Gasteiger partial charge >= 0.3 is 0 Å². The summed E-state index contributed by atoms with van der Waals surface area (Å²) < 4.78 is 2.02. The molecule has 1 aliphatic carbocycles. The average Bonchev–Trinajstić information content (AvgIpc) is 3.19. The zero-order chi connectivity index (χ0) is 17.0. The molecule has 25 heavy (non-hydrogen) atoms. The monoisotopic (exact) mass is 462 g/mol. The number of guanidine groups is 1. The molecule has 0 aromatic carbocycles. The van der Waals surface area contributed by atoms with Crippen molar-refractivity contribution in [3.8, 4) is 0 Å². The molecule has 3 N–H and O–H groups in total. The van der Waals surface area contributed by atoms with Crippen LogP contribution in [0.25, 0.3) is 0 Å². The minimum Gasteiger partial charge on any atom is -0.388 e. The van der Waals surface area contributed by atoms with Crippen molar-refractivity contribution in [2.45, 2.75) is 77.0 Å². The van der Waals surface area contributed by atoms with E-state index in [0.717, 1.165) is 75.6 Å². The molecule has 7 nitrogen and oxygen atoms in total. The van der Waals surface area contributed by atoms with Crippen LogP contribution in [-0.2, 0) is 19.4 Å². The summed E-state index contributed by atoms with van der Waals surface area (Å²) in [6, 6.07) is 0.292. The molecule has 1 aliphatic heterocycles. The summed E-state index contributed by atoms with van der Waals surface area (Å²) in [5, 5.41) is 21.8. The molecule has 0 bridgehead atoms. The first-order chi connectivity index (χ1) is 11.6. The Morgan fingerprint density at radius 2 is 2.12 bits per heavy atom. The van der Waals surface area contributed by atoms with Gasteiger partial charge in [0.15, 0.2) is 11.8 Å². The van der Waals surface area contributed by atoms with Gasteiger partial charge in [0.05, 0.1) is 18.7 Å². The Kier molecular flexibility index (Phi) is 7.48. The van der Waals surface area contributed by atoms with Gasteiger partial charge in [0.1, 0.15) is 5.82 Å². The van der Waals surface area contributed by atoms with Crippen LogP contribution in [-0.4, -0.2) is 50.6 Å². The zero-order valence-corrected chi connectivity index (χ0v) is 17.6. The number of rotatable bonds is 5. The second kappa shape index (κ2) is 9.16. The number of aliphatic imine (C=N–C) groups is 1. The van der Waals surface area contributed by atoms with Crippen LogP contribution >= 0.6 is 24.0 Å². The predicted octanol–water partition coefficient (Wildman–Crippen LogP) is 1.63. The van der Waals surface area contributed by atoms with Gasteiger partial charge in [-0.25, -0.2) is 9.67 Å². The van der Waals surface area contributed by atoms with E-state index in [2.05, 4.69) is 39.6 Å². The fourth-order valence-electron chi connectivity index (χ4n) is 3.56. The fraction of sp³-hybridized carbons (Fsp3) is 0.824. The Bertz CT molecular complexity index is 582. The third kappa shape index (κ3) is 5.29. The third-order valence-electron chi connectivity index (χ3n) is 4.97. The highest BCUT2D eigenvalue weighted by Crippen LogP contribution is 2.29. The van der Waals surface area contributed by atoms with E-state index in [4.69, 9.17) is 0 Å². The van der Waals surface area contributed by atoms with E-state index in [-0.39, 0.29) is 24.0 Å². The Labute approximate surface area is 167 Å². The minimum atomic E-state index is -0.607. The first-order valence-corrected chi connectivity index (χ1v) is 9.31. The third-order valence-corrected chi connectivity index (χ3v) is 4.97. The van der Waals surface area contributed by atoms with Gasteiger partial charge in [0, 0.05) is 25.4 Å². The summed E-state index contributed by atoms with van der Waals surface area (Å²) in [5.41, 5.74) is -0.607. The topological polar surface area (TPSA) is 87.4 Å². The van der Waals surface area contributed by atoms with Crippen molar-refractivity contribution in [1.29, 1.82) is 0 Å². The van der Waals surface area contributed by atoms with Crippen molar-refractivity contribution in [3.05, 3.63) is 11.6 Å². The summed E-state index contributed by atoms with van der Waals surface area (Å²) in [7, 11) is 0. The molecule has 0 radical (unpaired) electrons. The van der Waals surface area contributed by atoms with Crippen LogP contribution in [0.5, 0.6) is 0 Å². The molecule has 1 saturated carbocycles. The number of fused-ring (bicyclic) bond motifs is 1. The van der Waals surface area contributed by atoms with Gasteiger partial charge in [0.25, 0.3) is 0 Å². The molecule has 3 rings (SSSR count). The molecular formula is C17H31IN6O. The van der Waals surface area contributed by atoms with Crippen molar-refractivity contribution < 1.29 is 5.11 Å². The van der Waals surface area contributed by atoms with E-state index in [1.807, 2.05) is 4.68 Å². The summed E-state index contributed by atoms with van der Waals surface area (Å²) >= 11 is 0. The van der Waals surface area contributed by atoms with Crippen molar-refractivity contribution in [2.75, 3.05) is 13.1 Å². The molecule has 8 heteroatoms. The number of halogens is 1. The van der Waals surface area contributed by atoms with Crippen molar-refractivity contribution in [3.63, 3.8) is 0 Å². The van der Waals surface area contributed by atoms with Crippen LogP contribution < -0.4 is 10.6 Å². The minimum absolute atomic E-state index is 0. The fourth-order valence-corrected chi connectivity index (χ4v) is 3.56. The lowest BCUT2D eigenvalue weighted by molar-refractivity contribution is 0.0574.